The third-order valence-corrected chi connectivity index (χ3v) is 7.40. The van der Waals surface area contributed by atoms with Gasteiger partial charge in [0.05, 0.1) is 22.3 Å². The molecule has 0 unspecified atom stereocenters. The number of hydrogen-bond acceptors (Lipinski definition) is 6. The van der Waals surface area contributed by atoms with Crippen molar-refractivity contribution in [3.8, 4) is 12.1 Å². The monoisotopic (exact) mass is 464 g/mol. The van der Waals surface area contributed by atoms with Crippen LogP contribution >= 0.6 is 0 Å². The summed E-state index contributed by atoms with van der Waals surface area (Å²) in [5.41, 5.74) is -0.167. The number of esters is 2. The maximum Gasteiger partial charge on any atom is 0.339 e. The average molecular weight is 465 g/mol. The lowest BCUT2D eigenvalue weighted by atomic mass is 9.84. The molecule has 0 aliphatic heterocycles. The highest BCUT2D eigenvalue weighted by molar-refractivity contribution is 5.98. The Kier molecular flexibility index (Phi) is 9.52. The summed E-state index contributed by atoms with van der Waals surface area (Å²) in [7, 11) is 0. The van der Waals surface area contributed by atoms with Crippen LogP contribution in [0.5, 0.6) is 0 Å². The van der Waals surface area contributed by atoms with Gasteiger partial charge in [-0.2, -0.15) is 10.5 Å². The average Bonchev–Trinajstić information content (AvgIpc) is 2.85. The number of carbonyl (C=O) groups excluding carboxylic acids is 2. The second-order valence-electron chi connectivity index (χ2n) is 9.81. The van der Waals surface area contributed by atoms with Gasteiger partial charge in [0.15, 0.2) is 0 Å². The third-order valence-electron chi connectivity index (χ3n) is 7.40. The Morgan fingerprint density at radius 1 is 0.735 bits per heavy atom. The summed E-state index contributed by atoms with van der Waals surface area (Å²) in [5, 5.41) is 19.5. The Bertz CT molecular complexity index is 865. The number of nitriles is 2. The zero-order valence-corrected chi connectivity index (χ0v) is 20.5. The topological polar surface area (TPSA) is 100 Å². The summed E-state index contributed by atoms with van der Waals surface area (Å²) >= 11 is 0. The van der Waals surface area contributed by atoms with E-state index in [-0.39, 0.29) is 34.5 Å². The van der Waals surface area contributed by atoms with Crippen LogP contribution in [0.1, 0.15) is 123 Å². The predicted octanol–water partition coefficient (Wildman–Crippen LogP) is 6.46. The fourth-order valence-electron chi connectivity index (χ4n) is 5.50. The Labute approximate surface area is 203 Å². The van der Waals surface area contributed by atoms with Crippen molar-refractivity contribution in [3.05, 3.63) is 34.4 Å². The van der Waals surface area contributed by atoms with Crippen molar-refractivity contribution in [2.24, 2.45) is 11.8 Å². The van der Waals surface area contributed by atoms with E-state index in [1.165, 1.54) is 25.0 Å². The second-order valence-corrected chi connectivity index (χ2v) is 9.81. The number of ether oxygens (including phenoxy) is 2. The van der Waals surface area contributed by atoms with E-state index in [0.29, 0.717) is 11.8 Å². The van der Waals surface area contributed by atoms with Crippen LogP contribution in [-0.2, 0) is 9.47 Å². The lowest BCUT2D eigenvalue weighted by Crippen LogP contribution is -2.26. The molecule has 2 aliphatic carbocycles. The molecule has 0 spiro atoms. The van der Waals surface area contributed by atoms with Gasteiger partial charge in [-0.15, -0.1) is 0 Å². The highest BCUT2D eigenvalue weighted by Gasteiger charge is 2.29. The lowest BCUT2D eigenvalue weighted by molar-refractivity contribution is 0.0147. The Morgan fingerprint density at radius 3 is 1.38 bits per heavy atom. The van der Waals surface area contributed by atoms with E-state index in [1.807, 2.05) is 12.1 Å². The summed E-state index contributed by atoms with van der Waals surface area (Å²) in [5.74, 6) is 0.154. The maximum absolute atomic E-state index is 12.9. The Balaban J connectivity index is 1.67. The van der Waals surface area contributed by atoms with Crippen LogP contribution in [0.4, 0.5) is 0 Å². The molecule has 0 saturated heterocycles. The summed E-state index contributed by atoms with van der Waals surface area (Å²) < 4.78 is 11.4. The van der Waals surface area contributed by atoms with Crippen LogP contribution in [0.15, 0.2) is 12.1 Å². The molecule has 0 N–H and O–H groups in total. The molecule has 2 fully saturated rings. The van der Waals surface area contributed by atoms with Gasteiger partial charge in [-0.3, -0.25) is 0 Å². The normalized spacial score (nSPS) is 24.5. The number of benzene rings is 1. The minimum atomic E-state index is -0.610. The first kappa shape index (κ1) is 25.8. The number of carbonyl (C=O) groups is 2. The minimum Gasteiger partial charge on any atom is -0.459 e. The molecule has 2 saturated carbocycles. The van der Waals surface area contributed by atoms with Crippen LogP contribution in [0.25, 0.3) is 0 Å². The molecule has 0 bridgehead atoms. The Morgan fingerprint density at radius 2 is 1.09 bits per heavy atom. The van der Waals surface area contributed by atoms with Gasteiger partial charge in [0.1, 0.15) is 24.3 Å². The van der Waals surface area contributed by atoms with E-state index in [0.717, 1.165) is 64.2 Å². The molecule has 34 heavy (non-hydrogen) atoms. The molecule has 0 atom stereocenters. The van der Waals surface area contributed by atoms with E-state index in [2.05, 4.69) is 13.8 Å². The van der Waals surface area contributed by atoms with Crippen molar-refractivity contribution in [2.75, 3.05) is 0 Å². The standard InChI is InChI=1S/C28H36N2O4/c1-3-5-19-7-11-21(12-8-19)33-27(31)23-15-16-24(26(18-30)25(23)17-29)28(32)34-22-13-9-20(6-4-2)10-14-22/h15-16,19-22H,3-14H2,1-2H3/t19-,20-,21-,22-. The van der Waals surface area contributed by atoms with Gasteiger partial charge in [-0.05, 0) is 75.3 Å². The molecule has 1 aromatic rings. The van der Waals surface area contributed by atoms with E-state index < -0.39 is 11.9 Å². The highest BCUT2D eigenvalue weighted by atomic mass is 16.5. The van der Waals surface area contributed by atoms with Crippen molar-refractivity contribution in [3.63, 3.8) is 0 Å². The Hall–Kier alpha value is -2.86. The van der Waals surface area contributed by atoms with E-state index in [1.54, 1.807) is 0 Å². The molecular weight excluding hydrogens is 428 g/mol. The molecule has 0 aromatic heterocycles. The van der Waals surface area contributed by atoms with Gasteiger partial charge in [0.25, 0.3) is 0 Å². The SMILES string of the molecule is CCC[C@H]1CC[C@H](OC(=O)c2ccc(C(=O)O[C@H]3CC[C@H](CCC)CC3)c(C#N)c2C#N)CC1. The minimum absolute atomic E-state index is 0.0337. The fourth-order valence-corrected chi connectivity index (χ4v) is 5.50. The van der Waals surface area contributed by atoms with Crippen molar-refractivity contribution in [1.29, 1.82) is 10.5 Å². The predicted molar refractivity (Wildman–Crippen MR) is 128 cm³/mol. The summed E-state index contributed by atoms with van der Waals surface area (Å²) in [6.07, 6.45) is 11.7. The smallest absolute Gasteiger partial charge is 0.339 e. The molecule has 6 nitrogen and oxygen atoms in total. The second kappa shape index (κ2) is 12.6. The van der Waals surface area contributed by atoms with Gasteiger partial charge < -0.3 is 9.47 Å². The van der Waals surface area contributed by atoms with Crippen LogP contribution in [0.3, 0.4) is 0 Å². The van der Waals surface area contributed by atoms with Crippen molar-refractivity contribution in [1.82, 2.24) is 0 Å². The number of rotatable bonds is 8. The highest BCUT2D eigenvalue weighted by Crippen LogP contribution is 2.32. The molecule has 2 aliphatic rings. The summed E-state index contributed by atoms with van der Waals surface area (Å²) in [4.78, 5) is 25.7. The first-order chi connectivity index (χ1) is 16.5. The zero-order chi connectivity index (χ0) is 24.5. The molecule has 6 heteroatoms. The third kappa shape index (κ3) is 6.38. The largest absolute Gasteiger partial charge is 0.459 e. The van der Waals surface area contributed by atoms with Crippen LogP contribution < -0.4 is 0 Å². The van der Waals surface area contributed by atoms with E-state index in [4.69, 9.17) is 9.47 Å². The molecule has 0 amide bonds. The van der Waals surface area contributed by atoms with Gasteiger partial charge in [-0.25, -0.2) is 9.59 Å². The first-order valence-corrected chi connectivity index (χ1v) is 12.9. The van der Waals surface area contributed by atoms with Crippen LogP contribution in [0.2, 0.25) is 0 Å². The van der Waals surface area contributed by atoms with Crippen molar-refractivity contribution in [2.45, 2.75) is 103 Å². The molecular formula is C28H36N2O4. The summed E-state index contributed by atoms with van der Waals surface area (Å²) in [6, 6.07) is 6.72. The van der Waals surface area contributed by atoms with Gasteiger partial charge in [-0.1, -0.05) is 39.5 Å². The molecule has 0 heterocycles. The number of nitrogens with zero attached hydrogens (tertiary/aromatic N) is 2. The van der Waals surface area contributed by atoms with Gasteiger partial charge in [0, 0.05) is 0 Å². The lowest BCUT2D eigenvalue weighted by Gasteiger charge is -2.28. The van der Waals surface area contributed by atoms with Crippen molar-refractivity contribution >= 4 is 11.9 Å². The zero-order valence-electron chi connectivity index (χ0n) is 20.5. The van der Waals surface area contributed by atoms with Crippen molar-refractivity contribution < 1.29 is 19.1 Å². The molecule has 182 valence electrons. The molecule has 1 aromatic carbocycles. The first-order valence-electron chi connectivity index (χ1n) is 12.9. The maximum atomic E-state index is 12.9. The number of hydrogen-bond donors (Lipinski definition) is 0. The van der Waals surface area contributed by atoms with E-state index >= 15 is 0 Å². The van der Waals surface area contributed by atoms with Gasteiger partial charge >= 0.3 is 11.9 Å². The molecule has 0 radical (unpaired) electrons. The fraction of sp³-hybridized carbons (Fsp3) is 0.643. The van der Waals surface area contributed by atoms with E-state index in [9.17, 15) is 20.1 Å². The quantitative estimate of drug-likeness (QED) is 0.409. The molecule has 3 rings (SSSR count). The summed E-state index contributed by atoms with van der Waals surface area (Å²) in [6.45, 7) is 4.36. The van der Waals surface area contributed by atoms with Crippen LogP contribution in [0, 0.1) is 34.5 Å². The van der Waals surface area contributed by atoms with Crippen LogP contribution in [-0.4, -0.2) is 24.1 Å². The van der Waals surface area contributed by atoms with Gasteiger partial charge in [0.2, 0.25) is 0 Å².